The number of ether oxygens (including phenoxy) is 1. The maximum absolute atomic E-state index is 5.39. The molecule has 28 heavy (non-hydrogen) atoms. The lowest BCUT2D eigenvalue weighted by Crippen LogP contribution is -2.53. The number of guanidine groups is 1. The number of aliphatic imine (C=N–C) groups is 1. The Morgan fingerprint density at radius 2 is 1.93 bits per heavy atom. The van der Waals surface area contributed by atoms with Crippen LogP contribution in [0.2, 0.25) is 0 Å². The van der Waals surface area contributed by atoms with Crippen molar-refractivity contribution in [3.05, 3.63) is 47.5 Å². The van der Waals surface area contributed by atoms with Crippen molar-refractivity contribution in [3.8, 4) is 0 Å². The molecule has 0 aromatic heterocycles. The molecule has 3 rings (SSSR count). The number of rotatable bonds is 7. The maximum atomic E-state index is 5.39. The third-order valence-corrected chi connectivity index (χ3v) is 5.71. The minimum atomic E-state index is 0.517. The quantitative estimate of drug-likeness (QED) is 0.444. The van der Waals surface area contributed by atoms with Crippen molar-refractivity contribution in [1.82, 2.24) is 15.1 Å². The first kappa shape index (κ1) is 20.9. The molecule has 5 heteroatoms. The van der Waals surface area contributed by atoms with Crippen molar-refractivity contribution < 1.29 is 4.74 Å². The van der Waals surface area contributed by atoms with E-state index in [0.29, 0.717) is 6.04 Å². The summed E-state index contributed by atoms with van der Waals surface area (Å²) >= 11 is 0. The predicted molar refractivity (Wildman–Crippen MR) is 117 cm³/mol. The molecule has 1 aromatic carbocycles. The first-order valence-corrected chi connectivity index (χ1v) is 10.9. The van der Waals surface area contributed by atoms with Crippen LogP contribution in [0.1, 0.15) is 44.7 Å². The van der Waals surface area contributed by atoms with E-state index in [1.807, 2.05) is 0 Å². The van der Waals surface area contributed by atoms with Crippen molar-refractivity contribution in [1.29, 1.82) is 0 Å². The summed E-state index contributed by atoms with van der Waals surface area (Å²) in [6.45, 7) is 12.1. The molecule has 1 aromatic rings. The first-order chi connectivity index (χ1) is 13.8. The number of piperazine rings is 1. The lowest BCUT2D eigenvalue weighted by atomic mass is 10.0. The second-order valence-electron chi connectivity index (χ2n) is 7.53. The largest absolute Gasteiger partial charge is 0.377 e. The van der Waals surface area contributed by atoms with E-state index in [1.165, 1.54) is 11.1 Å². The Balaban J connectivity index is 1.54. The van der Waals surface area contributed by atoms with Crippen LogP contribution in [0.25, 0.3) is 0 Å². The second-order valence-corrected chi connectivity index (χ2v) is 7.53. The molecule has 1 saturated heterocycles. The van der Waals surface area contributed by atoms with Crippen LogP contribution < -0.4 is 5.32 Å². The molecule has 0 amide bonds. The number of hydrogen-bond donors (Lipinski definition) is 1. The van der Waals surface area contributed by atoms with E-state index in [9.17, 15) is 0 Å². The molecule has 5 nitrogen and oxygen atoms in total. The van der Waals surface area contributed by atoms with Crippen molar-refractivity contribution in [2.45, 2.75) is 39.2 Å². The van der Waals surface area contributed by atoms with Gasteiger partial charge in [0.15, 0.2) is 5.96 Å². The molecular weight excluding hydrogens is 348 g/mol. The van der Waals surface area contributed by atoms with Crippen LogP contribution in [-0.2, 0) is 4.74 Å². The highest BCUT2D eigenvalue weighted by atomic mass is 16.5. The van der Waals surface area contributed by atoms with Gasteiger partial charge in [0, 0.05) is 45.3 Å². The second kappa shape index (κ2) is 11.2. The molecule has 2 aliphatic rings. The van der Waals surface area contributed by atoms with Crippen LogP contribution in [0.5, 0.6) is 0 Å². The van der Waals surface area contributed by atoms with Gasteiger partial charge in [-0.15, -0.1) is 0 Å². The van der Waals surface area contributed by atoms with E-state index in [0.717, 1.165) is 77.7 Å². The third kappa shape index (κ3) is 5.82. The fourth-order valence-corrected chi connectivity index (χ4v) is 4.15. The standard InChI is InChI=1S/C23H36N4O/c1-3-22(21-8-6-5-7-9-21)26-14-16-27(17-15-26)23(24-4-2)25-13-10-20-11-18-28-19-12-20/h5-9,11,22H,3-4,10,12-19H2,1-2H3,(H,24,25). The smallest absolute Gasteiger partial charge is 0.194 e. The molecule has 1 N–H and O–H groups in total. The average molecular weight is 385 g/mol. The summed E-state index contributed by atoms with van der Waals surface area (Å²) in [6, 6.07) is 11.4. The molecule has 1 atom stereocenters. The highest BCUT2D eigenvalue weighted by Gasteiger charge is 2.25. The topological polar surface area (TPSA) is 40.1 Å². The van der Waals surface area contributed by atoms with Crippen LogP contribution >= 0.6 is 0 Å². The van der Waals surface area contributed by atoms with Crippen molar-refractivity contribution in [2.24, 2.45) is 4.99 Å². The fourth-order valence-electron chi connectivity index (χ4n) is 4.15. The van der Waals surface area contributed by atoms with Gasteiger partial charge in [-0.25, -0.2) is 0 Å². The van der Waals surface area contributed by atoms with E-state index in [1.54, 1.807) is 0 Å². The van der Waals surface area contributed by atoms with Gasteiger partial charge in [-0.1, -0.05) is 48.9 Å². The SMILES string of the molecule is CCNC(=NCCC1=CCOCC1)N1CCN(C(CC)c2ccccc2)CC1. The monoisotopic (exact) mass is 384 g/mol. The summed E-state index contributed by atoms with van der Waals surface area (Å²) in [5, 5.41) is 3.49. The summed E-state index contributed by atoms with van der Waals surface area (Å²) in [4.78, 5) is 9.96. The average Bonchev–Trinajstić information content (AvgIpc) is 2.76. The molecule has 154 valence electrons. The summed E-state index contributed by atoms with van der Waals surface area (Å²) in [6.07, 6.45) is 5.48. The van der Waals surface area contributed by atoms with Crippen LogP contribution in [0.4, 0.5) is 0 Å². The van der Waals surface area contributed by atoms with E-state index in [-0.39, 0.29) is 0 Å². The lowest BCUT2D eigenvalue weighted by Gasteiger charge is -2.40. The van der Waals surface area contributed by atoms with Crippen LogP contribution in [0.3, 0.4) is 0 Å². The Bertz CT molecular complexity index is 635. The van der Waals surface area contributed by atoms with E-state index in [4.69, 9.17) is 9.73 Å². The molecule has 1 unspecified atom stereocenters. The summed E-state index contributed by atoms with van der Waals surface area (Å²) in [5.41, 5.74) is 2.92. The van der Waals surface area contributed by atoms with E-state index in [2.05, 4.69) is 65.4 Å². The molecular formula is C23H36N4O. The first-order valence-electron chi connectivity index (χ1n) is 10.9. The zero-order valence-corrected chi connectivity index (χ0v) is 17.6. The summed E-state index contributed by atoms with van der Waals surface area (Å²) < 4.78 is 5.39. The molecule has 0 aliphatic carbocycles. The van der Waals surface area contributed by atoms with Gasteiger partial charge >= 0.3 is 0 Å². The summed E-state index contributed by atoms with van der Waals surface area (Å²) in [5.74, 6) is 1.07. The van der Waals surface area contributed by atoms with Gasteiger partial charge in [-0.05, 0) is 31.7 Å². The van der Waals surface area contributed by atoms with Gasteiger partial charge in [0.2, 0.25) is 0 Å². The zero-order chi connectivity index (χ0) is 19.6. The normalized spacial score (nSPS) is 20.0. The molecule has 1 fully saturated rings. The molecule has 2 heterocycles. The van der Waals surface area contributed by atoms with Gasteiger partial charge in [0.1, 0.15) is 0 Å². The Labute approximate surface area is 170 Å². The Morgan fingerprint density at radius 1 is 1.14 bits per heavy atom. The van der Waals surface area contributed by atoms with Gasteiger partial charge in [-0.3, -0.25) is 9.89 Å². The van der Waals surface area contributed by atoms with Crippen molar-refractivity contribution in [3.63, 3.8) is 0 Å². The lowest BCUT2D eigenvalue weighted by molar-refractivity contribution is 0.127. The van der Waals surface area contributed by atoms with Gasteiger partial charge in [0.25, 0.3) is 0 Å². The molecule has 0 spiro atoms. The highest BCUT2D eigenvalue weighted by molar-refractivity contribution is 5.80. The number of hydrogen-bond acceptors (Lipinski definition) is 3. The van der Waals surface area contributed by atoms with Crippen LogP contribution in [0, 0.1) is 0 Å². The minimum Gasteiger partial charge on any atom is -0.377 e. The van der Waals surface area contributed by atoms with Crippen molar-refractivity contribution in [2.75, 3.05) is 52.5 Å². The van der Waals surface area contributed by atoms with Crippen LogP contribution in [-0.4, -0.2) is 68.2 Å². The predicted octanol–water partition coefficient (Wildman–Crippen LogP) is 3.46. The van der Waals surface area contributed by atoms with Crippen molar-refractivity contribution >= 4 is 5.96 Å². The summed E-state index contributed by atoms with van der Waals surface area (Å²) in [7, 11) is 0. The van der Waals surface area contributed by atoms with Gasteiger partial charge in [-0.2, -0.15) is 0 Å². The number of nitrogens with zero attached hydrogens (tertiary/aromatic N) is 3. The van der Waals surface area contributed by atoms with E-state index >= 15 is 0 Å². The molecule has 0 saturated carbocycles. The van der Waals surface area contributed by atoms with Gasteiger partial charge in [0.05, 0.1) is 13.2 Å². The third-order valence-electron chi connectivity index (χ3n) is 5.71. The number of benzene rings is 1. The number of nitrogens with one attached hydrogen (secondary N) is 1. The zero-order valence-electron chi connectivity index (χ0n) is 17.6. The van der Waals surface area contributed by atoms with E-state index < -0.39 is 0 Å². The highest BCUT2D eigenvalue weighted by Crippen LogP contribution is 2.25. The molecule has 2 aliphatic heterocycles. The molecule has 0 bridgehead atoms. The van der Waals surface area contributed by atoms with Gasteiger partial charge < -0.3 is 15.0 Å². The molecule has 0 radical (unpaired) electrons. The maximum Gasteiger partial charge on any atom is 0.194 e. The minimum absolute atomic E-state index is 0.517. The fraction of sp³-hybridized carbons (Fsp3) is 0.609. The van der Waals surface area contributed by atoms with Crippen LogP contribution in [0.15, 0.2) is 47.0 Å². The Morgan fingerprint density at radius 3 is 2.57 bits per heavy atom. The Kier molecular flexibility index (Phi) is 8.37. The Hall–Kier alpha value is -1.85.